The molecule has 0 amide bonds. The second-order valence-corrected chi connectivity index (χ2v) is 13.4. The van der Waals surface area contributed by atoms with Gasteiger partial charge in [0, 0.05) is 72.9 Å². The van der Waals surface area contributed by atoms with Crippen molar-refractivity contribution in [3.05, 3.63) is 158 Å². The lowest BCUT2D eigenvalue weighted by Gasteiger charge is -2.12. The highest BCUT2D eigenvalue weighted by atomic mass is 16.5. The molecule has 2 heterocycles. The van der Waals surface area contributed by atoms with Crippen LogP contribution in [0.5, 0.6) is 11.5 Å². The highest BCUT2D eigenvalue weighted by molar-refractivity contribution is 5.83. The Hall–Kier alpha value is -6.86. The number of imidazole rings is 2. The van der Waals surface area contributed by atoms with E-state index in [0.717, 1.165) is 90.7 Å². The van der Waals surface area contributed by atoms with Crippen LogP contribution in [-0.2, 0) is 0 Å². The van der Waals surface area contributed by atoms with E-state index in [4.69, 9.17) is 14.7 Å². The Labute approximate surface area is 310 Å². The summed E-state index contributed by atoms with van der Waals surface area (Å²) in [6, 6.07) is 53.7. The molecule has 0 fully saturated rings. The largest absolute Gasteiger partial charge is 0.457 e. The van der Waals surface area contributed by atoms with E-state index in [2.05, 4.69) is 117 Å². The van der Waals surface area contributed by atoms with Crippen molar-refractivity contribution in [2.75, 3.05) is 38.0 Å². The van der Waals surface area contributed by atoms with Gasteiger partial charge in [-0.05, 0) is 97.1 Å². The van der Waals surface area contributed by atoms with E-state index in [1.807, 2.05) is 88.9 Å². The SMILES string of the molecule is CN(C)c1ccc(-c2nc(-c3ccc(Oc4ccc(-c5nc(-c6ccc(N(C)C)cc6)[nH]c5-c5ccccc5)cc4)cc3)c(-c3ccccc3)[nH]2)cc1. The van der Waals surface area contributed by atoms with Crippen LogP contribution in [0.1, 0.15) is 0 Å². The molecule has 0 radical (unpaired) electrons. The van der Waals surface area contributed by atoms with Crippen LogP contribution in [0.3, 0.4) is 0 Å². The summed E-state index contributed by atoms with van der Waals surface area (Å²) in [7, 11) is 8.17. The molecule has 0 atom stereocenters. The third-order valence-corrected chi connectivity index (χ3v) is 9.34. The van der Waals surface area contributed by atoms with Gasteiger partial charge in [-0.25, -0.2) is 9.97 Å². The summed E-state index contributed by atoms with van der Waals surface area (Å²) in [5, 5.41) is 0. The van der Waals surface area contributed by atoms with Gasteiger partial charge in [0.25, 0.3) is 0 Å². The molecule has 6 aromatic carbocycles. The second kappa shape index (κ2) is 14.4. The van der Waals surface area contributed by atoms with Crippen molar-refractivity contribution in [3.8, 4) is 79.3 Å². The predicted molar refractivity (Wildman–Crippen MR) is 219 cm³/mol. The van der Waals surface area contributed by atoms with Crippen molar-refractivity contribution in [1.82, 2.24) is 19.9 Å². The summed E-state index contributed by atoms with van der Waals surface area (Å²) in [5.41, 5.74) is 12.2. The molecule has 2 N–H and O–H groups in total. The van der Waals surface area contributed by atoms with Gasteiger partial charge in [-0.15, -0.1) is 0 Å². The van der Waals surface area contributed by atoms with E-state index >= 15 is 0 Å². The van der Waals surface area contributed by atoms with E-state index < -0.39 is 0 Å². The summed E-state index contributed by atoms with van der Waals surface area (Å²) >= 11 is 0. The minimum atomic E-state index is 0.742. The first-order valence-electron chi connectivity index (χ1n) is 17.6. The van der Waals surface area contributed by atoms with Crippen molar-refractivity contribution in [1.29, 1.82) is 0 Å². The maximum Gasteiger partial charge on any atom is 0.138 e. The highest BCUT2D eigenvalue weighted by Gasteiger charge is 2.18. The Kier molecular flexibility index (Phi) is 9.05. The van der Waals surface area contributed by atoms with Crippen molar-refractivity contribution in [2.24, 2.45) is 0 Å². The van der Waals surface area contributed by atoms with Crippen LogP contribution in [-0.4, -0.2) is 48.1 Å². The molecule has 0 unspecified atom stereocenters. The van der Waals surface area contributed by atoms with Gasteiger partial charge >= 0.3 is 0 Å². The number of ether oxygens (including phenoxy) is 1. The maximum absolute atomic E-state index is 6.34. The van der Waals surface area contributed by atoms with Gasteiger partial charge in [0.05, 0.1) is 22.8 Å². The molecule has 0 aliphatic heterocycles. The second-order valence-electron chi connectivity index (χ2n) is 13.4. The summed E-state index contributed by atoms with van der Waals surface area (Å²) in [4.78, 5) is 21.6. The summed E-state index contributed by atoms with van der Waals surface area (Å²) in [6.45, 7) is 0. The molecule has 2 aromatic heterocycles. The van der Waals surface area contributed by atoms with Crippen molar-refractivity contribution in [3.63, 3.8) is 0 Å². The van der Waals surface area contributed by atoms with Crippen LogP contribution in [0.25, 0.3) is 67.8 Å². The number of nitrogens with one attached hydrogen (secondary N) is 2. The number of anilines is 2. The first kappa shape index (κ1) is 33.3. The third kappa shape index (κ3) is 7.05. The van der Waals surface area contributed by atoms with Crippen LogP contribution >= 0.6 is 0 Å². The van der Waals surface area contributed by atoms with E-state index in [0.29, 0.717) is 0 Å². The molecule has 0 aliphatic carbocycles. The average molecular weight is 693 g/mol. The monoisotopic (exact) mass is 692 g/mol. The summed E-state index contributed by atoms with van der Waals surface area (Å²) in [5.74, 6) is 3.13. The first-order valence-corrected chi connectivity index (χ1v) is 17.6. The lowest BCUT2D eigenvalue weighted by molar-refractivity contribution is 0.483. The van der Waals surface area contributed by atoms with Crippen molar-refractivity contribution < 1.29 is 4.74 Å². The van der Waals surface area contributed by atoms with Crippen LogP contribution in [0.4, 0.5) is 11.4 Å². The smallest absolute Gasteiger partial charge is 0.138 e. The van der Waals surface area contributed by atoms with Crippen LogP contribution in [0.2, 0.25) is 0 Å². The molecule has 0 aliphatic rings. The molecule has 0 spiro atoms. The summed E-state index contributed by atoms with van der Waals surface area (Å²) < 4.78 is 6.34. The average Bonchev–Trinajstić information content (AvgIpc) is 3.86. The van der Waals surface area contributed by atoms with Gasteiger partial charge in [0.15, 0.2) is 0 Å². The fourth-order valence-corrected chi connectivity index (χ4v) is 6.40. The third-order valence-electron chi connectivity index (χ3n) is 9.34. The zero-order chi connectivity index (χ0) is 36.3. The van der Waals surface area contributed by atoms with Crippen LogP contribution in [0.15, 0.2) is 158 Å². The van der Waals surface area contributed by atoms with E-state index in [1.54, 1.807) is 0 Å². The molecule has 0 saturated heterocycles. The zero-order valence-electron chi connectivity index (χ0n) is 30.2. The Balaban J connectivity index is 1.05. The number of H-pyrrole nitrogens is 2. The van der Waals surface area contributed by atoms with Gasteiger partial charge in [-0.3, -0.25) is 0 Å². The lowest BCUT2D eigenvalue weighted by atomic mass is 10.0. The van der Waals surface area contributed by atoms with Crippen molar-refractivity contribution >= 4 is 11.4 Å². The Bertz CT molecular complexity index is 2250. The first-order chi connectivity index (χ1) is 25.9. The number of aromatic nitrogens is 4. The van der Waals surface area contributed by atoms with E-state index in [1.165, 1.54) is 0 Å². The van der Waals surface area contributed by atoms with E-state index in [-0.39, 0.29) is 0 Å². The van der Waals surface area contributed by atoms with Gasteiger partial charge < -0.3 is 24.5 Å². The Morgan fingerprint density at radius 3 is 1.06 bits per heavy atom. The van der Waals surface area contributed by atoms with Gasteiger partial charge in [-0.1, -0.05) is 60.7 Å². The topological polar surface area (TPSA) is 73.1 Å². The van der Waals surface area contributed by atoms with E-state index in [9.17, 15) is 0 Å². The molecule has 7 nitrogen and oxygen atoms in total. The number of hydrogen-bond acceptors (Lipinski definition) is 5. The molecule has 260 valence electrons. The molecule has 8 rings (SSSR count). The molecule has 53 heavy (non-hydrogen) atoms. The van der Waals surface area contributed by atoms with Gasteiger partial charge in [0.2, 0.25) is 0 Å². The number of rotatable bonds is 10. The zero-order valence-corrected chi connectivity index (χ0v) is 30.2. The standard InChI is InChI=1S/C46H40N6O/c1-51(2)37-23-15-35(16-24-37)45-47-41(31-11-7-5-8-12-31)43(49-45)33-19-27-39(28-20-33)53-40-29-21-34(22-30-40)44-42(32-13-9-6-10-14-32)48-46(50-44)36-17-25-38(26-18-36)52(3)4/h5-30H,1-4H3,(H,47,49)(H,48,50). The fourth-order valence-electron chi connectivity index (χ4n) is 6.40. The molecular formula is C46H40N6O. The Morgan fingerprint density at radius 2 is 0.717 bits per heavy atom. The number of aromatic amines is 2. The maximum atomic E-state index is 6.34. The molecule has 7 heteroatoms. The van der Waals surface area contributed by atoms with Crippen LogP contribution < -0.4 is 14.5 Å². The normalized spacial score (nSPS) is 11.0. The quantitative estimate of drug-likeness (QED) is 0.149. The fraction of sp³-hybridized carbons (Fsp3) is 0.0870. The van der Waals surface area contributed by atoms with Crippen molar-refractivity contribution in [2.45, 2.75) is 0 Å². The highest BCUT2D eigenvalue weighted by Crippen LogP contribution is 2.37. The minimum absolute atomic E-state index is 0.742. The molecule has 8 aromatic rings. The van der Waals surface area contributed by atoms with Gasteiger partial charge in [-0.2, -0.15) is 0 Å². The predicted octanol–water partition coefficient (Wildman–Crippen LogP) is 11.1. The number of hydrogen-bond donors (Lipinski definition) is 2. The number of benzene rings is 6. The molecular weight excluding hydrogens is 653 g/mol. The lowest BCUT2D eigenvalue weighted by Crippen LogP contribution is -2.07. The van der Waals surface area contributed by atoms with Gasteiger partial charge in [0.1, 0.15) is 23.1 Å². The summed E-state index contributed by atoms with van der Waals surface area (Å²) in [6.07, 6.45) is 0. The molecule has 0 saturated carbocycles. The Morgan fingerprint density at radius 1 is 0.377 bits per heavy atom. The molecule has 0 bridgehead atoms. The number of nitrogens with zero attached hydrogens (tertiary/aromatic N) is 4. The van der Waals surface area contributed by atoms with Crippen LogP contribution in [0, 0.1) is 0 Å². The minimum Gasteiger partial charge on any atom is -0.457 e.